The third-order valence-corrected chi connectivity index (χ3v) is 7.00. The van der Waals surface area contributed by atoms with Gasteiger partial charge in [-0.1, -0.05) is 12.1 Å². The molecule has 9 nitrogen and oxygen atoms in total. The number of carbonyl (C=O) groups is 3. The van der Waals surface area contributed by atoms with Gasteiger partial charge >= 0.3 is 0 Å². The molecule has 4 rings (SSSR count). The van der Waals surface area contributed by atoms with Gasteiger partial charge in [-0.05, 0) is 72.6 Å². The highest BCUT2D eigenvalue weighted by Gasteiger charge is 2.44. The van der Waals surface area contributed by atoms with Gasteiger partial charge in [0.25, 0.3) is 11.8 Å². The van der Waals surface area contributed by atoms with E-state index in [4.69, 9.17) is 9.88 Å². The van der Waals surface area contributed by atoms with Gasteiger partial charge in [-0.2, -0.15) is 0 Å². The minimum atomic E-state index is -3.86. The lowest BCUT2D eigenvalue weighted by Crippen LogP contribution is -2.46. The fraction of sp³-hybridized carbons (Fsp3) is 0.192. The van der Waals surface area contributed by atoms with Crippen LogP contribution in [0.15, 0.2) is 77.7 Å². The standard InChI is InChI=1S/C26H24FN3O6S/c1-36-21-10-8-20(9-11-21)30-24(31)16-23(26(30)33)29(25(32)18-4-6-19(27)7-5-18)15-14-17-2-12-22(13-3-17)37(28,34)35/h2-13,23H,14-16H2,1H3,(H2,28,34,35). The van der Waals surface area contributed by atoms with E-state index in [1.165, 1.54) is 36.3 Å². The lowest BCUT2D eigenvalue weighted by Gasteiger charge is -2.28. The quantitative estimate of drug-likeness (QED) is 0.450. The first-order valence-corrected chi connectivity index (χ1v) is 12.8. The molecule has 1 aliphatic heterocycles. The fourth-order valence-corrected chi connectivity index (χ4v) is 4.63. The van der Waals surface area contributed by atoms with Crippen molar-refractivity contribution in [3.05, 3.63) is 89.7 Å². The Balaban J connectivity index is 1.61. The summed E-state index contributed by atoms with van der Waals surface area (Å²) >= 11 is 0. The molecule has 1 unspecified atom stereocenters. The molecule has 0 aliphatic carbocycles. The maximum absolute atomic E-state index is 13.5. The smallest absolute Gasteiger partial charge is 0.257 e. The third-order valence-electron chi connectivity index (χ3n) is 6.07. The summed E-state index contributed by atoms with van der Waals surface area (Å²) in [5, 5.41) is 5.14. The number of sulfonamides is 1. The predicted molar refractivity (Wildman–Crippen MR) is 133 cm³/mol. The molecule has 0 bridgehead atoms. The normalized spacial score (nSPS) is 15.6. The van der Waals surface area contributed by atoms with Gasteiger partial charge in [-0.15, -0.1) is 0 Å². The summed E-state index contributed by atoms with van der Waals surface area (Å²) in [4.78, 5) is 42.0. The van der Waals surface area contributed by atoms with Crippen LogP contribution in [0.2, 0.25) is 0 Å². The van der Waals surface area contributed by atoms with E-state index < -0.39 is 39.6 Å². The first-order chi connectivity index (χ1) is 17.6. The minimum absolute atomic E-state index is 0.0467. The van der Waals surface area contributed by atoms with E-state index in [0.29, 0.717) is 17.0 Å². The van der Waals surface area contributed by atoms with Crippen molar-refractivity contribution in [2.24, 2.45) is 5.14 Å². The molecule has 11 heteroatoms. The number of rotatable bonds is 8. The van der Waals surface area contributed by atoms with Gasteiger partial charge in [0.05, 0.1) is 24.1 Å². The zero-order chi connectivity index (χ0) is 26.7. The average Bonchev–Trinajstić information content (AvgIpc) is 3.17. The Morgan fingerprint density at radius 2 is 1.65 bits per heavy atom. The van der Waals surface area contributed by atoms with E-state index in [1.54, 1.807) is 36.4 Å². The van der Waals surface area contributed by atoms with Crippen LogP contribution in [0.3, 0.4) is 0 Å². The SMILES string of the molecule is COc1ccc(N2C(=O)CC(N(CCc3ccc(S(N)(=O)=O)cc3)C(=O)c3ccc(F)cc3)C2=O)cc1. The molecule has 1 fully saturated rings. The van der Waals surface area contributed by atoms with Crippen LogP contribution in [-0.4, -0.2) is 50.7 Å². The van der Waals surface area contributed by atoms with Crippen molar-refractivity contribution < 1.29 is 31.9 Å². The number of benzene rings is 3. The highest BCUT2D eigenvalue weighted by molar-refractivity contribution is 7.89. The van der Waals surface area contributed by atoms with Gasteiger partial charge < -0.3 is 9.64 Å². The Hall–Kier alpha value is -4.09. The number of nitrogens with two attached hydrogens (primary N) is 1. The summed E-state index contributed by atoms with van der Waals surface area (Å²) in [5.41, 5.74) is 1.20. The maximum Gasteiger partial charge on any atom is 0.257 e. The molecular formula is C26H24FN3O6S. The summed E-state index contributed by atoms with van der Waals surface area (Å²) in [6, 6.07) is 16.1. The number of primary sulfonamides is 1. The lowest BCUT2D eigenvalue weighted by molar-refractivity contribution is -0.122. The van der Waals surface area contributed by atoms with Gasteiger partial charge in [0.15, 0.2) is 0 Å². The second kappa shape index (κ2) is 10.5. The van der Waals surface area contributed by atoms with Crippen LogP contribution in [0.4, 0.5) is 10.1 Å². The number of imide groups is 1. The van der Waals surface area contributed by atoms with E-state index in [-0.39, 0.29) is 29.8 Å². The largest absolute Gasteiger partial charge is 0.497 e. The topological polar surface area (TPSA) is 127 Å². The molecule has 2 N–H and O–H groups in total. The Bertz CT molecular complexity index is 1420. The molecule has 1 aliphatic rings. The van der Waals surface area contributed by atoms with E-state index in [1.807, 2.05) is 0 Å². The molecule has 3 aromatic carbocycles. The Kier molecular flexibility index (Phi) is 7.37. The Morgan fingerprint density at radius 3 is 2.22 bits per heavy atom. The molecule has 0 radical (unpaired) electrons. The number of methoxy groups -OCH3 is 1. The van der Waals surface area contributed by atoms with Crippen molar-refractivity contribution in [1.82, 2.24) is 4.90 Å². The van der Waals surface area contributed by atoms with Gasteiger partial charge in [0, 0.05) is 12.1 Å². The highest BCUT2D eigenvalue weighted by Crippen LogP contribution is 2.28. The fourth-order valence-electron chi connectivity index (χ4n) is 4.11. The summed E-state index contributed by atoms with van der Waals surface area (Å²) in [7, 11) is -2.36. The number of amides is 3. The molecule has 192 valence electrons. The number of ether oxygens (including phenoxy) is 1. The van der Waals surface area contributed by atoms with Crippen molar-refractivity contribution in [2.45, 2.75) is 23.8 Å². The molecule has 0 saturated carbocycles. The van der Waals surface area contributed by atoms with E-state index >= 15 is 0 Å². The molecule has 3 aromatic rings. The van der Waals surface area contributed by atoms with Crippen molar-refractivity contribution in [2.75, 3.05) is 18.6 Å². The third kappa shape index (κ3) is 5.68. The number of carbonyl (C=O) groups excluding carboxylic acids is 3. The monoisotopic (exact) mass is 525 g/mol. The second-order valence-electron chi connectivity index (χ2n) is 8.43. The van der Waals surface area contributed by atoms with Crippen molar-refractivity contribution >= 4 is 33.4 Å². The zero-order valence-electron chi connectivity index (χ0n) is 19.8. The predicted octanol–water partition coefficient (Wildman–Crippen LogP) is 2.50. The molecule has 1 heterocycles. The minimum Gasteiger partial charge on any atom is -0.497 e. The van der Waals surface area contributed by atoms with Crippen LogP contribution in [0.5, 0.6) is 5.75 Å². The van der Waals surface area contributed by atoms with E-state index in [0.717, 1.165) is 17.0 Å². The number of halogens is 1. The van der Waals surface area contributed by atoms with Crippen molar-refractivity contribution in [1.29, 1.82) is 0 Å². The van der Waals surface area contributed by atoms with Crippen LogP contribution in [0.1, 0.15) is 22.3 Å². The van der Waals surface area contributed by atoms with Crippen LogP contribution in [0.25, 0.3) is 0 Å². The summed E-state index contributed by atoms with van der Waals surface area (Å²) in [5.74, 6) is -1.52. The first kappa shape index (κ1) is 26.0. The molecule has 3 amide bonds. The van der Waals surface area contributed by atoms with Gasteiger partial charge in [-0.25, -0.2) is 22.8 Å². The molecular weight excluding hydrogens is 501 g/mol. The van der Waals surface area contributed by atoms with Crippen molar-refractivity contribution in [3.63, 3.8) is 0 Å². The molecule has 1 saturated heterocycles. The van der Waals surface area contributed by atoms with E-state index in [2.05, 4.69) is 0 Å². The number of nitrogens with zero attached hydrogens (tertiary/aromatic N) is 2. The molecule has 1 atom stereocenters. The van der Waals surface area contributed by atoms with Gasteiger partial charge in [-0.3, -0.25) is 14.4 Å². The Morgan fingerprint density at radius 1 is 1.03 bits per heavy atom. The Labute approximate surface area is 213 Å². The second-order valence-corrected chi connectivity index (χ2v) is 9.99. The number of hydrogen-bond acceptors (Lipinski definition) is 6. The molecule has 0 spiro atoms. The maximum atomic E-state index is 13.5. The first-order valence-electron chi connectivity index (χ1n) is 11.3. The zero-order valence-corrected chi connectivity index (χ0v) is 20.7. The molecule has 0 aromatic heterocycles. The van der Waals surface area contributed by atoms with Crippen LogP contribution >= 0.6 is 0 Å². The number of anilines is 1. The summed E-state index contributed by atoms with van der Waals surface area (Å²) in [6.07, 6.45) is 0.0422. The summed E-state index contributed by atoms with van der Waals surface area (Å²) < 4.78 is 41.6. The van der Waals surface area contributed by atoms with Crippen molar-refractivity contribution in [3.8, 4) is 5.75 Å². The highest BCUT2D eigenvalue weighted by atomic mass is 32.2. The van der Waals surface area contributed by atoms with Crippen LogP contribution in [0, 0.1) is 5.82 Å². The van der Waals surface area contributed by atoms with Gasteiger partial charge in [0.1, 0.15) is 17.6 Å². The summed E-state index contributed by atoms with van der Waals surface area (Å²) in [6.45, 7) is 0.0467. The number of hydrogen-bond donors (Lipinski definition) is 1. The van der Waals surface area contributed by atoms with Crippen LogP contribution in [-0.2, 0) is 26.0 Å². The van der Waals surface area contributed by atoms with E-state index in [9.17, 15) is 27.2 Å². The van der Waals surface area contributed by atoms with Crippen LogP contribution < -0.4 is 14.8 Å². The average molecular weight is 526 g/mol. The lowest BCUT2D eigenvalue weighted by atomic mass is 10.1. The molecule has 37 heavy (non-hydrogen) atoms. The van der Waals surface area contributed by atoms with Gasteiger partial charge in [0.2, 0.25) is 15.9 Å².